The van der Waals surface area contributed by atoms with Crippen LogP contribution in [0.1, 0.15) is 57.2 Å². The number of likely N-dealkylation sites (tertiary alicyclic amines) is 1. The number of likely N-dealkylation sites (N-methyl/N-ethyl adjacent to an activating group) is 1. The minimum absolute atomic E-state index is 0.0636. The Labute approximate surface area is 184 Å². The Kier molecular flexibility index (Phi) is 11.7. The topological polar surface area (TPSA) is 66.7 Å². The van der Waals surface area contributed by atoms with Crippen LogP contribution in [0.2, 0.25) is 0 Å². The number of rotatable bonds is 2. The van der Waals surface area contributed by atoms with Gasteiger partial charge in [0.2, 0.25) is 5.90 Å². The summed E-state index contributed by atoms with van der Waals surface area (Å²) in [4.78, 5) is 6.94. The molecule has 2 aliphatic heterocycles. The smallest absolute Gasteiger partial charge is 0.291 e. The summed E-state index contributed by atoms with van der Waals surface area (Å²) in [6.45, 7) is 18.3. The molecule has 0 spiro atoms. The second-order valence-corrected chi connectivity index (χ2v) is 7.61. The SMILES string of the molecule is CC.CC.Cc1ccc(C(=N)OC(=N)N2CCC(N3CCN(C)CC3)CC2)c(C)c1. The maximum absolute atomic E-state index is 8.25. The molecule has 2 fully saturated rings. The van der Waals surface area contributed by atoms with Crippen molar-refractivity contribution in [1.82, 2.24) is 14.7 Å². The number of hydrogen-bond acceptors (Lipinski definition) is 5. The molecule has 0 aliphatic carbocycles. The van der Waals surface area contributed by atoms with Crippen LogP contribution in [0, 0.1) is 24.7 Å². The molecule has 6 nitrogen and oxygen atoms in total. The van der Waals surface area contributed by atoms with Gasteiger partial charge in [-0.1, -0.05) is 45.4 Å². The Balaban J connectivity index is 0.00000106. The molecule has 2 heterocycles. The monoisotopic (exact) mass is 417 g/mol. The van der Waals surface area contributed by atoms with Gasteiger partial charge >= 0.3 is 0 Å². The van der Waals surface area contributed by atoms with E-state index in [1.165, 1.54) is 5.56 Å². The van der Waals surface area contributed by atoms with Gasteiger partial charge in [-0.3, -0.25) is 15.7 Å². The van der Waals surface area contributed by atoms with E-state index in [-0.39, 0.29) is 11.9 Å². The summed E-state index contributed by atoms with van der Waals surface area (Å²) >= 11 is 0. The van der Waals surface area contributed by atoms with Crippen molar-refractivity contribution in [1.29, 1.82) is 10.8 Å². The van der Waals surface area contributed by atoms with Crippen molar-refractivity contribution < 1.29 is 4.74 Å². The molecule has 0 saturated carbocycles. The lowest BCUT2D eigenvalue weighted by Crippen LogP contribution is -2.53. The molecule has 170 valence electrons. The van der Waals surface area contributed by atoms with Crippen LogP contribution in [0.4, 0.5) is 0 Å². The van der Waals surface area contributed by atoms with Crippen LogP contribution in [-0.4, -0.2) is 79.0 Å². The number of nitrogens with zero attached hydrogens (tertiary/aromatic N) is 3. The normalized spacial score (nSPS) is 17.9. The van der Waals surface area contributed by atoms with Gasteiger partial charge in [-0.2, -0.15) is 0 Å². The summed E-state index contributed by atoms with van der Waals surface area (Å²) in [5.74, 6) is 0.0636. The van der Waals surface area contributed by atoms with Gasteiger partial charge in [0, 0.05) is 50.9 Å². The first-order valence-electron chi connectivity index (χ1n) is 11.5. The third-order valence-corrected chi connectivity index (χ3v) is 5.63. The van der Waals surface area contributed by atoms with Crippen LogP contribution < -0.4 is 0 Å². The number of piperazine rings is 1. The summed E-state index contributed by atoms with van der Waals surface area (Å²) in [5, 5.41) is 16.5. The highest BCUT2D eigenvalue weighted by Crippen LogP contribution is 2.19. The molecule has 2 N–H and O–H groups in total. The lowest BCUT2D eigenvalue weighted by atomic mass is 10.0. The zero-order valence-corrected chi connectivity index (χ0v) is 20.2. The zero-order valence-electron chi connectivity index (χ0n) is 20.2. The molecule has 2 saturated heterocycles. The molecular weight excluding hydrogens is 374 g/mol. The van der Waals surface area contributed by atoms with E-state index in [9.17, 15) is 0 Å². The van der Waals surface area contributed by atoms with E-state index >= 15 is 0 Å². The van der Waals surface area contributed by atoms with E-state index in [0.717, 1.165) is 63.2 Å². The Hall–Kier alpha value is -1.92. The van der Waals surface area contributed by atoms with E-state index < -0.39 is 0 Å². The fourth-order valence-electron chi connectivity index (χ4n) is 3.91. The van der Waals surface area contributed by atoms with Crippen LogP contribution in [0.5, 0.6) is 0 Å². The van der Waals surface area contributed by atoms with Crippen LogP contribution >= 0.6 is 0 Å². The number of benzene rings is 1. The minimum atomic E-state index is 0.0636. The molecular formula is C24H43N5O. The highest BCUT2D eigenvalue weighted by molar-refractivity contribution is 5.99. The largest absolute Gasteiger partial charge is 0.407 e. The molecule has 6 heteroatoms. The lowest BCUT2D eigenvalue weighted by Gasteiger charge is -2.42. The van der Waals surface area contributed by atoms with E-state index in [0.29, 0.717) is 6.04 Å². The van der Waals surface area contributed by atoms with Gasteiger partial charge in [-0.25, -0.2) is 0 Å². The number of amidine groups is 1. The van der Waals surface area contributed by atoms with Crippen LogP contribution in [0.25, 0.3) is 0 Å². The predicted octanol–water partition coefficient (Wildman–Crippen LogP) is 4.34. The Morgan fingerprint density at radius 3 is 2.00 bits per heavy atom. The molecule has 0 radical (unpaired) electrons. The van der Waals surface area contributed by atoms with Gasteiger partial charge in [0.05, 0.1) is 0 Å². The summed E-state index contributed by atoms with van der Waals surface area (Å²) < 4.78 is 5.56. The Morgan fingerprint density at radius 1 is 0.900 bits per heavy atom. The average Bonchev–Trinajstić information content (AvgIpc) is 2.77. The number of aryl methyl sites for hydroxylation is 2. The first kappa shape index (κ1) is 26.1. The fourth-order valence-corrected chi connectivity index (χ4v) is 3.91. The number of ether oxygens (including phenoxy) is 1. The summed E-state index contributed by atoms with van der Waals surface area (Å²) in [5.41, 5.74) is 2.93. The van der Waals surface area contributed by atoms with Crippen molar-refractivity contribution >= 4 is 11.9 Å². The second kappa shape index (κ2) is 13.4. The molecule has 30 heavy (non-hydrogen) atoms. The molecule has 2 aliphatic rings. The van der Waals surface area contributed by atoms with E-state index in [1.807, 2.05) is 64.6 Å². The molecule has 0 atom stereocenters. The zero-order chi connectivity index (χ0) is 22.7. The molecule has 0 aromatic heterocycles. The first-order valence-corrected chi connectivity index (χ1v) is 11.5. The maximum Gasteiger partial charge on any atom is 0.291 e. The van der Waals surface area contributed by atoms with Gasteiger partial charge in [-0.05, 0) is 45.4 Å². The lowest BCUT2D eigenvalue weighted by molar-refractivity contribution is 0.0786. The van der Waals surface area contributed by atoms with E-state index in [1.54, 1.807) is 0 Å². The highest BCUT2D eigenvalue weighted by Gasteiger charge is 2.28. The van der Waals surface area contributed by atoms with Crippen molar-refractivity contribution in [2.24, 2.45) is 0 Å². The van der Waals surface area contributed by atoms with Crippen molar-refractivity contribution in [2.75, 3.05) is 46.3 Å². The average molecular weight is 418 g/mol. The van der Waals surface area contributed by atoms with Crippen LogP contribution in [0.3, 0.4) is 0 Å². The summed E-state index contributed by atoms with van der Waals surface area (Å²) in [6, 6.07) is 6.64. The molecule has 0 unspecified atom stereocenters. The number of piperidine rings is 1. The molecule has 1 aromatic rings. The number of hydrogen-bond donors (Lipinski definition) is 2. The van der Waals surface area contributed by atoms with Crippen LogP contribution in [0.15, 0.2) is 18.2 Å². The van der Waals surface area contributed by atoms with Gasteiger partial charge in [-0.15, -0.1) is 0 Å². The second-order valence-electron chi connectivity index (χ2n) is 7.61. The Morgan fingerprint density at radius 2 is 1.47 bits per heavy atom. The number of nitrogens with one attached hydrogen (secondary N) is 2. The van der Waals surface area contributed by atoms with Crippen molar-refractivity contribution in [3.63, 3.8) is 0 Å². The Bertz CT molecular complexity index is 660. The first-order chi connectivity index (χ1) is 14.4. The minimum Gasteiger partial charge on any atom is -0.407 e. The maximum atomic E-state index is 8.25. The third kappa shape index (κ3) is 7.40. The van der Waals surface area contributed by atoms with Gasteiger partial charge in [0.1, 0.15) is 0 Å². The molecule has 3 rings (SSSR count). The van der Waals surface area contributed by atoms with E-state index in [2.05, 4.69) is 16.8 Å². The van der Waals surface area contributed by atoms with E-state index in [4.69, 9.17) is 15.6 Å². The fraction of sp³-hybridized carbons (Fsp3) is 0.667. The third-order valence-electron chi connectivity index (χ3n) is 5.63. The van der Waals surface area contributed by atoms with Crippen molar-refractivity contribution in [2.45, 2.75) is 60.4 Å². The van der Waals surface area contributed by atoms with Crippen molar-refractivity contribution in [3.8, 4) is 0 Å². The van der Waals surface area contributed by atoms with Crippen molar-refractivity contribution in [3.05, 3.63) is 34.9 Å². The predicted molar refractivity (Wildman–Crippen MR) is 128 cm³/mol. The molecule has 0 bridgehead atoms. The quantitative estimate of drug-likeness (QED) is 0.555. The molecule has 0 amide bonds. The van der Waals surface area contributed by atoms with Gasteiger partial charge in [0.25, 0.3) is 6.02 Å². The van der Waals surface area contributed by atoms with Gasteiger partial charge < -0.3 is 14.5 Å². The molecule has 1 aromatic carbocycles. The highest BCUT2D eigenvalue weighted by atomic mass is 16.5. The summed E-state index contributed by atoms with van der Waals surface area (Å²) in [6.07, 6.45) is 2.12. The standard InChI is InChI=1S/C20H31N5O.2C2H6/c1-15-4-5-18(16(2)14-15)19(21)26-20(22)25-8-6-17(7-9-25)24-12-10-23(3)11-13-24;2*1-2/h4-5,14,17,21-22H,6-13H2,1-3H3;2*1-2H3. The van der Waals surface area contributed by atoms with Gasteiger partial charge in [0.15, 0.2) is 0 Å². The summed E-state index contributed by atoms with van der Waals surface area (Å²) in [7, 11) is 2.18. The van der Waals surface area contributed by atoms with Crippen LogP contribution in [-0.2, 0) is 4.74 Å².